The van der Waals surface area contributed by atoms with Gasteiger partial charge >= 0.3 is 0 Å². The molecule has 0 aromatic rings. The lowest BCUT2D eigenvalue weighted by molar-refractivity contribution is 0.155. The molecule has 0 N–H and O–H groups in total. The maximum absolute atomic E-state index is 5.41. The minimum Gasteiger partial charge on any atom is -0.381 e. The molecule has 0 amide bonds. The molecule has 52 valence electrons. The zero-order valence-corrected chi connectivity index (χ0v) is 6.02. The third kappa shape index (κ3) is 0.710. The van der Waals surface area contributed by atoms with Crippen molar-refractivity contribution in [1.29, 1.82) is 0 Å². The molecule has 1 aliphatic heterocycles. The van der Waals surface area contributed by atoms with Gasteiger partial charge in [-0.15, -0.1) is 0 Å². The van der Waals surface area contributed by atoms with Crippen molar-refractivity contribution in [3.05, 3.63) is 0 Å². The molecule has 1 saturated carbocycles. The molecule has 1 saturated heterocycles. The van der Waals surface area contributed by atoms with Gasteiger partial charge in [-0.3, -0.25) is 0 Å². The van der Waals surface area contributed by atoms with Gasteiger partial charge < -0.3 is 4.74 Å². The molecule has 1 heteroatoms. The van der Waals surface area contributed by atoms with Crippen LogP contribution < -0.4 is 0 Å². The quantitative estimate of drug-likeness (QED) is 0.481. The van der Waals surface area contributed by atoms with E-state index in [1.807, 2.05) is 0 Å². The standard InChI is InChI=1S/C8H14O/c1-8-4-2-3-7(8)5-9-6-8/h7H,2-6H2,1H3/t7-,8+/m1/s1. The molecule has 0 radical (unpaired) electrons. The van der Waals surface area contributed by atoms with Crippen LogP contribution in [-0.2, 0) is 4.74 Å². The summed E-state index contributed by atoms with van der Waals surface area (Å²) in [7, 11) is 0. The summed E-state index contributed by atoms with van der Waals surface area (Å²) in [4.78, 5) is 0. The molecule has 0 unspecified atom stereocenters. The number of rotatable bonds is 0. The average molecular weight is 126 g/mol. The molecular formula is C8H14O. The van der Waals surface area contributed by atoms with Crippen molar-refractivity contribution in [2.75, 3.05) is 13.2 Å². The Bertz CT molecular complexity index is 110. The van der Waals surface area contributed by atoms with Crippen LogP contribution in [0.3, 0.4) is 0 Å². The van der Waals surface area contributed by atoms with Crippen LogP contribution in [0.2, 0.25) is 0 Å². The summed E-state index contributed by atoms with van der Waals surface area (Å²) in [5.74, 6) is 0.900. The maximum Gasteiger partial charge on any atom is 0.0523 e. The van der Waals surface area contributed by atoms with Crippen LogP contribution in [0.1, 0.15) is 26.2 Å². The fraction of sp³-hybridized carbons (Fsp3) is 1.00. The molecule has 0 bridgehead atoms. The fourth-order valence-electron chi connectivity index (χ4n) is 2.21. The Morgan fingerprint density at radius 2 is 2.44 bits per heavy atom. The number of ether oxygens (including phenoxy) is 1. The van der Waals surface area contributed by atoms with Gasteiger partial charge in [-0.05, 0) is 24.2 Å². The molecule has 1 heterocycles. The maximum atomic E-state index is 5.41. The smallest absolute Gasteiger partial charge is 0.0523 e. The van der Waals surface area contributed by atoms with Crippen molar-refractivity contribution in [2.45, 2.75) is 26.2 Å². The van der Waals surface area contributed by atoms with E-state index < -0.39 is 0 Å². The van der Waals surface area contributed by atoms with Gasteiger partial charge in [0.15, 0.2) is 0 Å². The highest BCUT2D eigenvalue weighted by Gasteiger charge is 2.42. The molecular weight excluding hydrogens is 112 g/mol. The zero-order chi connectivity index (χ0) is 6.32. The van der Waals surface area contributed by atoms with Gasteiger partial charge in [0.1, 0.15) is 0 Å². The van der Waals surface area contributed by atoms with Crippen molar-refractivity contribution in [1.82, 2.24) is 0 Å². The summed E-state index contributed by atoms with van der Waals surface area (Å²) >= 11 is 0. The Balaban J connectivity index is 2.17. The van der Waals surface area contributed by atoms with Gasteiger partial charge in [0.2, 0.25) is 0 Å². The molecule has 2 rings (SSSR count). The number of fused-ring (bicyclic) bond motifs is 1. The predicted octanol–water partition coefficient (Wildman–Crippen LogP) is 1.82. The van der Waals surface area contributed by atoms with Crippen LogP contribution in [0.15, 0.2) is 0 Å². The van der Waals surface area contributed by atoms with Crippen molar-refractivity contribution in [3.8, 4) is 0 Å². The van der Waals surface area contributed by atoms with Gasteiger partial charge in [0.25, 0.3) is 0 Å². The Morgan fingerprint density at radius 3 is 3.22 bits per heavy atom. The topological polar surface area (TPSA) is 9.23 Å². The van der Waals surface area contributed by atoms with Crippen LogP contribution in [0, 0.1) is 11.3 Å². The van der Waals surface area contributed by atoms with E-state index in [1.165, 1.54) is 19.3 Å². The first kappa shape index (κ1) is 5.72. The minimum absolute atomic E-state index is 0.583. The molecule has 0 spiro atoms. The summed E-state index contributed by atoms with van der Waals surface area (Å²) in [5.41, 5.74) is 0.583. The van der Waals surface area contributed by atoms with E-state index in [1.54, 1.807) is 0 Å². The first-order chi connectivity index (χ1) is 4.31. The third-order valence-corrected chi connectivity index (χ3v) is 3.04. The molecule has 2 atom stereocenters. The first-order valence-corrected chi connectivity index (χ1v) is 3.89. The van der Waals surface area contributed by atoms with E-state index >= 15 is 0 Å². The lowest BCUT2D eigenvalue weighted by Crippen LogP contribution is -2.18. The zero-order valence-electron chi connectivity index (χ0n) is 6.02. The van der Waals surface area contributed by atoms with Gasteiger partial charge in [-0.1, -0.05) is 13.3 Å². The van der Waals surface area contributed by atoms with E-state index in [0.29, 0.717) is 5.41 Å². The van der Waals surface area contributed by atoms with Crippen LogP contribution in [-0.4, -0.2) is 13.2 Å². The normalized spacial score (nSPS) is 49.7. The van der Waals surface area contributed by atoms with Crippen molar-refractivity contribution < 1.29 is 4.74 Å². The summed E-state index contributed by atoms with van der Waals surface area (Å²) in [6, 6.07) is 0. The summed E-state index contributed by atoms with van der Waals surface area (Å²) in [5, 5.41) is 0. The molecule has 0 aromatic carbocycles. The fourth-order valence-corrected chi connectivity index (χ4v) is 2.21. The van der Waals surface area contributed by atoms with E-state index in [4.69, 9.17) is 4.74 Å². The first-order valence-electron chi connectivity index (χ1n) is 3.89. The summed E-state index contributed by atoms with van der Waals surface area (Å²) < 4.78 is 5.41. The molecule has 2 aliphatic rings. The largest absolute Gasteiger partial charge is 0.381 e. The minimum atomic E-state index is 0.583. The molecule has 2 fully saturated rings. The lowest BCUT2D eigenvalue weighted by atomic mass is 9.83. The Kier molecular flexibility index (Phi) is 1.10. The highest BCUT2D eigenvalue weighted by Crippen LogP contribution is 2.46. The van der Waals surface area contributed by atoms with Crippen LogP contribution in [0.5, 0.6) is 0 Å². The summed E-state index contributed by atoms with van der Waals surface area (Å²) in [6.45, 7) is 4.44. The number of hydrogen-bond donors (Lipinski definition) is 0. The van der Waals surface area contributed by atoms with Gasteiger partial charge in [-0.25, -0.2) is 0 Å². The van der Waals surface area contributed by atoms with E-state index in [-0.39, 0.29) is 0 Å². The SMILES string of the molecule is C[C@@]12CCC[C@@H]1COC2. The highest BCUT2D eigenvalue weighted by molar-refractivity contribution is 4.91. The lowest BCUT2D eigenvalue weighted by Gasteiger charge is -2.19. The van der Waals surface area contributed by atoms with E-state index in [9.17, 15) is 0 Å². The third-order valence-electron chi connectivity index (χ3n) is 3.04. The van der Waals surface area contributed by atoms with E-state index in [0.717, 1.165) is 19.1 Å². The van der Waals surface area contributed by atoms with Crippen LogP contribution in [0.4, 0.5) is 0 Å². The molecule has 1 nitrogen and oxygen atoms in total. The Morgan fingerprint density at radius 1 is 1.56 bits per heavy atom. The van der Waals surface area contributed by atoms with Crippen molar-refractivity contribution in [2.24, 2.45) is 11.3 Å². The Labute approximate surface area is 56.4 Å². The second-order valence-electron chi connectivity index (χ2n) is 3.76. The van der Waals surface area contributed by atoms with Crippen LogP contribution >= 0.6 is 0 Å². The monoisotopic (exact) mass is 126 g/mol. The van der Waals surface area contributed by atoms with Crippen molar-refractivity contribution >= 4 is 0 Å². The summed E-state index contributed by atoms with van der Waals surface area (Å²) in [6.07, 6.45) is 4.25. The average Bonchev–Trinajstić information content (AvgIpc) is 2.22. The Hall–Kier alpha value is -0.0400. The molecule has 1 aliphatic carbocycles. The predicted molar refractivity (Wildman–Crippen MR) is 36.3 cm³/mol. The van der Waals surface area contributed by atoms with Gasteiger partial charge in [0, 0.05) is 0 Å². The van der Waals surface area contributed by atoms with Crippen molar-refractivity contribution in [3.63, 3.8) is 0 Å². The molecule has 0 aromatic heterocycles. The second-order valence-corrected chi connectivity index (χ2v) is 3.76. The number of hydrogen-bond acceptors (Lipinski definition) is 1. The van der Waals surface area contributed by atoms with Gasteiger partial charge in [0.05, 0.1) is 13.2 Å². The second kappa shape index (κ2) is 1.72. The molecule has 9 heavy (non-hydrogen) atoms. The van der Waals surface area contributed by atoms with Crippen LogP contribution in [0.25, 0.3) is 0 Å². The highest BCUT2D eigenvalue weighted by atomic mass is 16.5. The van der Waals surface area contributed by atoms with E-state index in [2.05, 4.69) is 6.92 Å². The van der Waals surface area contributed by atoms with Gasteiger partial charge in [-0.2, -0.15) is 0 Å².